The van der Waals surface area contributed by atoms with Crippen molar-refractivity contribution in [3.8, 4) is 0 Å². The lowest BCUT2D eigenvalue weighted by Gasteiger charge is -2.19. The summed E-state index contributed by atoms with van der Waals surface area (Å²) in [5.74, 6) is 1.52. The quantitative estimate of drug-likeness (QED) is 0.666. The van der Waals surface area contributed by atoms with Crippen LogP contribution >= 0.6 is 0 Å². The molecule has 3 aliphatic rings. The summed E-state index contributed by atoms with van der Waals surface area (Å²) in [6.45, 7) is 4.60. The first-order valence-electron chi connectivity index (χ1n) is 5.52. The molecule has 2 heterocycles. The minimum atomic E-state index is 0.387. The average Bonchev–Trinajstić information content (AvgIpc) is 2.54. The fraction of sp³-hybridized carbons (Fsp3) is 1.00. The third kappa shape index (κ3) is 0.962. The van der Waals surface area contributed by atoms with Crippen LogP contribution in [-0.2, 0) is 4.74 Å². The summed E-state index contributed by atoms with van der Waals surface area (Å²) in [4.78, 5) is 0. The van der Waals surface area contributed by atoms with Crippen molar-refractivity contribution in [2.45, 2.75) is 51.4 Å². The van der Waals surface area contributed by atoms with Crippen LogP contribution in [0.1, 0.15) is 33.1 Å². The predicted molar refractivity (Wildman–Crippen MR) is 51.2 cm³/mol. The molecular weight excluding hydrogens is 162 g/mol. The van der Waals surface area contributed by atoms with Gasteiger partial charge in [0.2, 0.25) is 0 Å². The maximum atomic E-state index is 6.10. The maximum Gasteiger partial charge on any atom is 0.0612 e. The van der Waals surface area contributed by atoms with Crippen molar-refractivity contribution in [1.82, 2.24) is 0 Å². The fourth-order valence-corrected chi connectivity index (χ4v) is 3.59. The maximum absolute atomic E-state index is 6.10. The van der Waals surface area contributed by atoms with E-state index < -0.39 is 0 Å². The molecule has 2 heteroatoms. The van der Waals surface area contributed by atoms with Crippen LogP contribution in [0.2, 0.25) is 0 Å². The Hall–Kier alpha value is -0.0800. The van der Waals surface area contributed by atoms with Gasteiger partial charge in [-0.2, -0.15) is 0 Å². The Bertz CT molecular complexity index is 238. The number of hydrogen-bond donors (Lipinski definition) is 1. The van der Waals surface area contributed by atoms with Crippen molar-refractivity contribution in [3.63, 3.8) is 0 Å². The minimum absolute atomic E-state index is 0.387. The second-order valence-electron chi connectivity index (χ2n) is 5.65. The zero-order chi connectivity index (χ0) is 9.22. The third-order valence-corrected chi connectivity index (χ3v) is 4.61. The molecule has 0 amide bonds. The van der Waals surface area contributed by atoms with Gasteiger partial charge in [-0.1, -0.05) is 13.8 Å². The van der Waals surface area contributed by atoms with Crippen LogP contribution in [0.25, 0.3) is 0 Å². The summed E-state index contributed by atoms with van der Waals surface area (Å²) in [7, 11) is 0. The Kier molecular flexibility index (Phi) is 1.45. The number of hydrogen-bond acceptors (Lipinski definition) is 2. The number of ether oxygens (including phenoxy) is 1. The summed E-state index contributed by atoms with van der Waals surface area (Å²) in [5, 5.41) is 0. The molecule has 13 heavy (non-hydrogen) atoms. The second kappa shape index (κ2) is 2.29. The largest absolute Gasteiger partial charge is 0.375 e. The molecule has 2 N–H and O–H groups in total. The van der Waals surface area contributed by atoms with Crippen molar-refractivity contribution in [2.24, 2.45) is 23.0 Å². The Balaban J connectivity index is 1.75. The van der Waals surface area contributed by atoms with Gasteiger partial charge in [0.05, 0.1) is 12.2 Å². The first-order chi connectivity index (χ1) is 6.10. The summed E-state index contributed by atoms with van der Waals surface area (Å²) < 4.78 is 5.87. The van der Waals surface area contributed by atoms with Gasteiger partial charge >= 0.3 is 0 Å². The van der Waals surface area contributed by atoms with E-state index in [2.05, 4.69) is 13.8 Å². The molecule has 2 aliphatic heterocycles. The van der Waals surface area contributed by atoms with Crippen LogP contribution in [0.3, 0.4) is 0 Å². The van der Waals surface area contributed by atoms with Crippen LogP contribution in [0, 0.1) is 17.3 Å². The molecule has 0 aromatic rings. The highest BCUT2D eigenvalue weighted by Crippen LogP contribution is 2.60. The summed E-state index contributed by atoms with van der Waals surface area (Å²) in [6.07, 6.45) is 5.01. The van der Waals surface area contributed by atoms with E-state index in [1.807, 2.05) is 0 Å². The highest BCUT2D eigenvalue weighted by atomic mass is 16.5. The third-order valence-electron chi connectivity index (χ3n) is 4.61. The summed E-state index contributed by atoms with van der Waals surface area (Å²) in [6, 6.07) is 0.431. The molecule has 1 aliphatic carbocycles. The SMILES string of the molecule is CC1(C)[C@H](N)[C@H]1C1CC2CCC1O2. The van der Waals surface area contributed by atoms with Crippen molar-refractivity contribution >= 4 is 0 Å². The van der Waals surface area contributed by atoms with Crippen LogP contribution in [0.5, 0.6) is 0 Å². The van der Waals surface area contributed by atoms with Gasteiger partial charge < -0.3 is 10.5 Å². The number of rotatable bonds is 1. The highest BCUT2D eigenvalue weighted by molar-refractivity contribution is 5.14. The standard InChI is InChI=1S/C11H19NO/c1-11(2)9(10(11)12)7-5-6-3-4-8(7)13-6/h6-10H,3-5,12H2,1-2H3/t6?,7?,8?,9-,10-/m1/s1. The molecule has 0 aromatic heterocycles. The summed E-state index contributed by atoms with van der Waals surface area (Å²) >= 11 is 0. The van der Waals surface area contributed by atoms with E-state index in [0.29, 0.717) is 23.7 Å². The predicted octanol–water partition coefficient (Wildman–Crippen LogP) is 1.54. The van der Waals surface area contributed by atoms with Gasteiger partial charge in [-0.05, 0) is 36.5 Å². The lowest BCUT2D eigenvalue weighted by molar-refractivity contribution is 0.0869. The number of fused-ring (bicyclic) bond motifs is 2. The van der Waals surface area contributed by atoms with Gasteiger partial charge in [0.15, 0.2) is 0 Å². The van der Waals surface area contributed by atoms with Crippen molar-refractivity contribution in [1.29, 1.82) is 0 Å². The van der Waals surface area contributed by atoms with Crippen LogP contribution in [-0.4, -0.2) is 18.2 Å². The summed E-state index contributed by atoms with van der Waals surface area (Å²) in [5.41, 5.74) is 6.49. The van der Waals surface area contributed by atoms with E-state index in [9.17, 15) is 0 Å². The van der Waals surface area contributed by atoms with E-state index in [1.165, 1.54) is 19.3 Å². The van der Waals surface area contributed by atoms with E-state index in [1.54, 1.807) is 0 Å². The molecule has 3 unspecified atom stereocenters. The van der Waals surface area contributed by atoms with Gasteiger partial charge in [-0.25, -0.2) is 0 Å². The first kappa shape index (κ1) is 8.25. The zero-order valence-electron chi connectivity index (χ0n) is 8.49. The normalized spacial score (nSPS) is 57.0. The van der Waals surface area contributed by atoms with E-state index in [4.69, 9.17) is 10.5 Å². The zero-order valence-corrected chi connectivity index (χ0v) is 8.49. The van der Waals surface area contributed by atoms with E-state index in [0.717, 1.165) is 11.8 Å². The average molecular weight is 181 g/mol. The molecular formula is C11H19NO. The van der Waals surface area contributed by atoms with Crippen molar-refractivity contribution in [2.75, 3.05) is 0 Å². The monoisotopic (exact) mass is 181 g/mol. The molecule has 0 radical (unpaired) electrons. The van der Waals surface area contributed by atoms with Crippen LogP contribution in [0.15, 0.2) is 0 Å². The van der Waals surface area contributed by atoms with Gasteiger partial charge in [0, 0.05) is 6.04 Å². The van der Waals surface area contributed by atoms with E-state index >= 15 is 0 Å². The molecule has 3 fully saturated rings. The van der Waals surface area contributed by atoms with Crippen LogP contribution < -0.4 is 5.73 Å². The first-order valence-corrected chi connectivity index (χ1v) is 5.52. The molecule has 2 bridgehead atoms. The Morgan fingerprint density at radius 1 is 1.31 bits per heavy atom. The fourth-order valence-electron chi connectivity index (χ4n) is 3.59. The number of nitrogens with two attached hydrogens (primary N) is 1. The van der Waals surface area contributed by atoms with Crippen molar-refractivity contribution < 1.29 is 4.74 Å². The molecule has 2 saturated heterocycles. The Labute approximate surface area is 79.8 Å². The minimum Gasteiger partial charge on any atom is -0.375 e. The lowest BCUT2D eigenvalue weighted by atomic mass is 9.83. The Morgan fingerprint density at radius 2 is 2.00 bits per heavy atom. The van der Waals surface area contributed by atoms with Crippen LogP contribution in [0.4, 0.5) is 0 Å². The van der Waals surface area contributed by atoms with Crippen molar-refractivity contribution in [3.05, 3.63) is 0 Å². The van der Waals surface area contributed by atoms with E-state index in [-0.39, 0.29) is 0 Å². The Morgan fingerprint density at radius 3 is 2.38 bits per heavy atom. The lowest BCUT2D eigenvalue weighted by Crippen LogP contribution is -2.21. The molecule has 5 atom stereocenters. The highest BCUT2D eigenvalue weighted by Gasteiger charge is 2.62. The molecule has 3 rings (SSSR count). The molecule has 74 valence electrons. The second-order valence-corrected chi connectivity index (χ2v) is 5.65. The van der Waals surface area contributed by atoms with Gasteiger partial charge in [-0.15, -0.1) is 0 Å². The smallest absolute Gasteiger partial charge is 0.0612 e. The molecule has 0 spiro atoms. The molecule has 1 saturated carbocycles. The van der Waals surface area contributed by atoms with Gasteiger partial charge in [0.25, 0.3) is 0 Å². The molecule has 0 aromatic carbocycles. The topological polar surface area (TPSA) is 35.2 Å². The van der Waals surface area contributed by atoms with Gasteiger partial charge in [0.1, 0.15) is 0 Å². The van der Waals surface area contributed by atoms with Gasteiger partial charge in [-0.3, -0.25) is 0 Å². The molecule has 2 nitrogen and oxygen atoms in total.